The zero-order valence-electron chi connectivity index (χ0n) is 13.6. The van der Waals surface area contributed by atoms with E-state index in [0.29, 0.717) is 5.56 Å². The normalized spacial score (nSPS) is 15.7. The third-order valence-electron chi connectivity index (χ3n) is 4.27. The first-order valence-electron chi connectivity index (χ1n) is 7.86. The van der Waals surface area contributed by atoms with Crippen LogP contribution >= 0.6 is 11.3 Å². The minimum Gasteiger partial charge on any atom is -0.496 e. The average molecular weight is 330 g/mol. The second kappa shape index (κ2) is 7.15. The van der Waals surface area contributed by atoms with Crippen LogP contribution in [0.3, 0.4) is 0 Å². The van der Waals surface area contributed by atoms with E-state index in [-0.39, 0.29) is 5.91 Å². The topological polar surface area (TPSA) is 32.8 Å². The van der Waals surface area contributed by atoms with E-state index in [1.165, 1.54) is 4.88 Å². The van der Waals surface area contributed by atoms with Crippen LogP contribution in [-0.2, 0) is 6.54 Å². The molecule has 1 saturated heterocycles. The molecule has 1 aliphatic heterocycles. The van der Waals surface area contributed by atoms with Gasteiger partial charge in [0, 0.05) is 43.2 Å². The van der Waals surface area contributed by atoms with Crippen LogP contribution in [0.2, 0.25) is 0 Å². The van der Waals surface area contributed by atoms with Crippen LogP contribution in [0.5, 0.6) is 5.75 Å². The van der Waals surface area contributed by atoms with Crippen LogP contribution in [0.1, 0.15) is 20.8 Å². The van der Waals surface area contributed by atoms with Gasteiger partial charge in [-0.05, 0) is 36.1 Å². The summed E-state index contributed by atoms with van der Waals surface area (Å²) in [4.78, 5) is 18.4. The first-order valence-corrected chi connectivity index (χ1v) is 8.74. The molecule has 0 aliphatic carbocycles. The molecule has 1 fully saturated rings. The molecule has 1 aromatic carbocycles. The largest absolute Gasteiger partial charge is 0.496 e. The fourth-order valence-electron chi connectivity index (χ4n) is 2.87. The Balaban J connectivity index is 1.59. The molecule has 23 heavy (non-hydrogen) atoms. The van der Waals surface area contributed by atoms with Crippen LogP contribution < -0.4 is 4.74 Å². The number of rotatable bonds is 4. The molecule has 1 aromatic heterocycles. The molecule has 1 aliphatic rings. The van der Waals surface area contributed by atoms with Gasteiger partial charge in [-0.1, -0.05) is 12.1 Å². The molecule has 2 aromatic rings. The van der Waals surface area contributed by atoms with Gasteiger partial charge in [-0.3, -0.25) is 9.69 Å². The summed E-state index contributed by atoms with van der Waals surface area (Å²) >= 11 is 1.79. The molecule has 0 spiro atoms. The van der Waals surface area contributed by atoms with Gasteiger partial charge in [0.05, 0.1) is 7.11 Å². The highest BCUT2D eigenvalue weighted by molar-refractivity contribution is 7.09. The van der Waals surface area contributed by atoms with E-state index in [9.17, 15) is 4.79 Å². The van der Waals surface area contributed by atoms with Crippen molar-refractivity contribution >= 4 is 17.2 Å². The Bertz CT molecular complexity index is 662. The lowest BCUT2D eigenvalue weighted by Gasteiger charge is -2.34. The quantitative estimate of drug-likeness (QED) is 0.864. The lowest BCUT2D eigenvalue weighted by Crippen LogP contribution is -2.48. The molecule has 0 atom stereocenters. The molecule has 0 radical (unpaired) electrons. The second-order valence-electron chi connectivity index (χ2n) is 5.83. The average Bonchev–Trinajstić information content (AvgIpc) is 3.08. The Morgan fingerprint density at radius 3 is 2.65 bits per heavy atom. The number of ether oxygens (including phenoxy) is 1. The number of benzene rings is 1. The zero-order valence-corrected chi connectivity index (χ0v) is 14.4. The van der Waals surface area contributed by atoms with Gasteiger partial charge < -0.3 is 9.64 Å². The molecular formula is C18H22N2O2S. The van der Waals surface area contributed by atoms with Crippen LogP contribution in [0, 0.1) is 6.92 Å². The summed E-state index contributed by atoms with van der Waals surface area (Å²) in [5.74, 6) is 0.867. The number of nitrogens with zero attached hydrogens (tertiary/aromatic N) is 2. The number of carbonyl (C=O) groups is 1. The minimum atomic E-state index is 0.0964. The van der Waals surface area contributed by atoms with Gasteiger partial charge in [-0.25, -0.2) is 0 Å². The highest BCUT2D eigenvalue weighted by Gasteiger charge is 2.22. The number of aryl methyl sites for hydroxylation is 1. The molecule has 1 amide bonds. The van der Waals surface area contributed by atoms with Gasteiger partial charge in [0.25, 0.3) is 5.91 Å². The molecule has 2 heterocycles. The number of hydrogen-bond acceptors (Lipinski definition) is 4. The summed E-state index contributed by atoms with van der Waals surface area (Å²) in [7, 11) is 1.64. The standard InChI is InChI=1S/C18H22N2O2S/c1-14-5-6-15(12-17(14)22-2)18(21)20-9-7-19(8-10-20)13-16-4-3-11-23-16/h3-6,11-12H,7-10,13H2,1-2H3. The van der Waals surface area contributed by atoms with Crippen LogP contribution in [0.15, 0.2) is 35.7 Å². The number of hydrogen-bond donors (Lipinski definition) is 0. The fraction of sp³-hybridized carbons (Fsp3) is 0.389. The molecule has 4 nitrogen and oxygen atoms in total. The maximum Gasteiger partial charge on any atom is 0.254 e. The molecule has 5 heteroatoms. The van der Waals surface area contributed by atoms with Gasteiger partial charge in [-0.2, -0.15) is 0 Å². The fourth-order valence-corrected chi connectivity index (χ4v) is 3.61. The molecule has 0 unspecified atom stereocenters. The maximum atomic E-state index is 12.7. The predicted octanol–water partition coefficient (Wildman–Crippen LogP) is 3.02. The van der Waals surface area contributed by atoms with Gasteiger partial charge >= 0.3 is 0 Å². The monoisotopic (exact) mass is 330 g/mol. The Labute approximate surface area is 141 Å². The SMILES string of the molecule is COc1cc(C(=O)N2CCN(Cc3cccs3)CC2)ccc1C. The van der Waals surface area contributed by atoms with E-state index in [2.05, 4.69) is 22.4 Å². The van der Waals surface area contributed by atoms with Crippen molar-refractivity contribution < 1.29 is 9.53 Å². The third kappa shape index (κ3) is 3.74. The summed E-state index contributed by atoms with van der Waals surface area (Å²) in [5.41, 5.74) is 1.75. The predicted molar refractivity (Wildman–Crippen MR) is 93.2 cm³/mol. The molecule has 0 N–H and O–H groups in total. The number of amides is 1. The Kier molecular flexibility index (Phi) is 4.98. The van der Waals surface area contributed by atoms with Crippen molar-refractivity contribution in [3.05, 3.63) is 51.7 Å². The second-order valence-corrected chi connectivity index (χ2v) is 6.86. The van der Waals surface area contributed by atoms with E-state index in [4.69, 9.17) is 4.74 Å². The first kappa shape index (κ1) is 16.0. The molecule has 0 bridgehead atoms. The molecular weight excluding hydrogens is 308 g/mol. The number of carbonyl (C=O) groups excluding carboxylic acids is 1. The van der Waals surface area contributed by atoms with Crippen molar-refractivity contribution in [3.63, 3.8) is 0 Å². The van der Waals surface area contributed by atoms with E-state index in [1.54, 1.807) is 18.4 Å². The Hall–Kier alpha value is -1.85. The van der Waals surface area contributed by atoms with Gasteiger partial charge in [0.1, 0.15) is 5.75 Å². The first-order chi connectivity index (χ1) is 11.2. The van der Waals surface area contributed by atoms with Crippen molar-refractivity contribution in [1.29, 1.82) is 0 Å². The van der Waals surface area contributed by atoms with Crippen molar-refractivity contribution in [2.24, 2.45) is 0 Å². The Morgan fingerprint density at radius 2 is 2.00 bits per heavy atom. The zero-order chi connectivity index (χ0) is 16.2. The van der Waals surface area contributed by atoms with Crippen molar-refractivity contribution in [3.8, 4) is 5.75 Å². The summed E-state index contributed by atoms with van der Waals surface area (Å²) in [6.45, 7) is 6.37. The third-order valence-corrected chi connectivity index (χ3v) is 5.14. The lowest BCUT2D eigenvalue weighted by atomic mass is 10.1. The van der Waals surface area contributed by atoms with Gasteiger partial charge in [-0.15, -0.1) is 11.3 Å². The number of methoxy groups -OCH3 is 1. The van der Waals surface area contributed by atoms with Crippen molar-refractivity contribution in [2.75, 3.05) is 33.3 Å². The van der Waals surface area contributed by atoms with Crippen molar-refractivity contribution in [1.82, 2.24) is 9.80 Å². The minimum absolute atomic E-state index is 0.0964. The van der Waals surface area contributed by atoms with E-state index in [0.717, 1.165) is 44.0 Å². The summed E-state index contributed by atoms with van der Waals surface area (Å²) in [5, 5.41) is 2.11. The Morgan fingerprint density at radius 1 is 1.22 bits per heavy atom. The summed E-state index contributed by atoms with van der Waals surface area (Å²) in [6.07, 6.45) is 0. The maximum absolute atomic E-state index is 12.7. The number of thiophene rings is 1. The lowest BCUT2D eigenvalue weighted by molar-refractivity contribution is 0.0629. The van der Waals surface area contributed by atoms with Gasteiger partial charge in [0.15, 0.2) is 0 Å². The summed E-state index contributed by atoms with van der Waals surface area (Å²) < 4.78 is 5.32. The van der Waals surface area contributed by atoms with E-state index >= 15 is 0 Å². The molecule has 0 saturated carbocycles. The number of piperazine rings is 1. The van der Waals surface area contributed by atoms with E-state index in [1.807, 2.05) is 30.0 Å². The van der Waals surface area contributed by atoms with Crippen LogP contribution in [0.4, 0.5) is 0 Å². The van der Waals surface area contributed by atoms with Crippen LogP contribution in [-0.4, -0.2) is 49.0 Å². The highest BCUT2D eigenvalue weighted by Crippen LogP contribution is 2.21. The van der Waals surface area contributed by atoms with Crippen LogP contribution in [0.25, 0.3) is 0 Å². The van der Waals surface area contributed by atoms with E-state index < -0.39 is 0 Å². The molecule has 3 rings (SSSR count). The summed E-state index contributed by atoms with van der Waals surface area (Å²) in [6, 6.07) is 9.93. The van der Waals surface area contributed by atoms with Gasteiger partial charge in [0.2, 0.25) is 0 Å². The highest BCUT2D eigenvalue weighted by atomic mass is 32.1. The molecule has 122 valence electrons. The smallest absolute Gasteiger partial charge is 0.254 e. The van der Waals surface area contributed by atoms with Crippen molar-refractivity contribution in [2.45, 2.75) is 13.5 Å².